The molecule has 0 bridgehead atoms. The Morgan fingerprint density at radius 3 is 1.90 bits per heavy atom. The second kappa shape index (κ2) is 3.37. The average molecular weight is 185 g/mol. The van der Waals surface area contributed by atoms with E-state index in [9.17, 15) is 22.0 Å². The van der Waals surface area contributed by atoms with Crippen LogP contribution in [0.5, 0.6) is 0 Å². The molecule has 0 amide bonds. The molecule has 6 heteroatoms. The van der Waals surface area contributed by atoms with Gasteiger partial charge in [0, 0.05) is 0 Å². The molecule has 0 aromatic rings. The lowest BCUT2D eigenvalue weighted by Gasteiger charge is -2.14. The number of hydrogen-bond donors (Lipinski definition) is 0. The Hall–Kier alpha value is -0.0600. The van der Waals surface area contributed by atoms with Gasteiger partial charge >= 0.3 is 0 Å². The lowest BCUT2D eigenvalue weighted by Crippen LogP contribution is -2.28. The quantitative estimate of drug-likeness (QED) is 0.467. The summed E-state index contributed by atoms with van der Waals surface area (Å²) in [7, 11) is 0. The maximum atomic E-state index is 12.1. The summed E-state index contributed by atoms with van der Waals surface area (Å²) >= 11 is 4.16. The van der Waals surface area contributed by atoms with Gasteiger partial charge in [-0.1, -0.05) is 11.6 Å². The lowest BCUT2D eigenvalue weighted by atomic mass is 10.3. The van der Waals surface area contributed by atoms with E-state index in [4.69, 9.17) is 2.74 Å². The largest absolute Gasteiger partial charge is 0.297 e. The fraction of sp³-hybridized carbons (Fsp3) is 1.00. The molecule has 0 N–H and O–H groups in total. The van der Waals surface area contributed by atoms with Gasteiger partial charge < -0.3 is 0 Å². The zero-order chi connectivity index (χ0) is 10.2. The third kappa shape index (κ3) is 3.20. The van der Waals surface area contributed by atoms with Crippen LogP contribution in [0.3, 0.4) is 0 Å². The summed E-state index contributed by atoms with van der Waals surface area (Å²) < 4.78 is 71.2. The van der Waals surface area contributed by atoms with Gasteiger partial charge in [0.15, 0.2) is 0 Å². The Kier molecular flexibility index (Phi) is 2.23. The van der Waals surface area contributed by atoms with Crippen LogP contribution in [0, 0.1) is 0 Å². The predicted octanol–water partition coefficient (Wildman–Crippen LogP) is 2.81. The maximum absolute atomic E-state index is 12.1. The Morgan fingerprint density at radius 2 is 1.80 bits per heavy atom. The fourth-order valence-corrected chi connectivity index (χ4v) is 0.301. The van der Waals surface area contributed by atoms with Crippen LogP contribution < -0.4 is 0 Å². The molecule has 0 nitrogen and oxygen atoms in total. The number of hydrogen-bond acceptors (Lipinski definition) is 0. The Morgan fingerprint density at radius 1 is 1.40 bits per heavy atom. The monoisotopic (exact) mass is 184 g/mol. The molecule has 0 saturated heterocycles. The number of halogens is 6. The molecule has 10 heavy (non-hydrogen) atoms. The minimum atomic E-state index is -4.75. The minimum absolute atomic E-state index is 2.41. The third-order valence-corrected chi connectivity index (χ3v) is 0.909. The van der Waals surface area contributed by atoms with Crippen molar-refractivity contribution in [2.45, 2.75) is 24.4 Å². The minimum Gasteiger partial charge on any atom is -0.223 e. The van der Waals surface area contributed by atoms with Crippen LogP contribution in [-0.2, 0) is 0 Å². The first-order chi connectivity index (χ1) is 4.96. The van der Waals surface area contributed by atoms with Crippen molar-refractivity contribution >= 4 is 11.6 Å². The van der Waals surface area contributed by atoms with Gasteiger partial charge in [-0.25, -0.2) is 22.0 Å². The Bertz CT molecular complexity index is 160. The summed E-state index contributed by atoms with van der Waals surface area (Å²) in [5.74, 6) is -4.75. The first-order valence-corrected chi connectivity index (χ1v) is 2.47. The van der Waals surface area contributed by atoms with Crippen molar-refractivity contribution in [1.82, 2.24) is 0 Å². The van der Waals surface area contributed by atoms with Crippen LogP contribution >= 0.6 is 11.6 Å². The molecule has 0 aliphatic carbocycles. The van der Waals surface area contributed by atoms with E-state index in [2.05, 4.69) is 11.6 Å². The van der Waals surface area contributed by atoms with Gasteiger partial charge in [-0.2, -0.15) is 0 Å². The summed E-state index contributed by atoms with van der Waals surface area (Å²) in [6.07, 6.45) is -6.92. The molecule has 0 aromatic heterocycles. The van der Waals surface area contributed by atoms with Crippen molar-refractivity contribution in [3.05, 3.63) is 0 Å². The van der Waals surface area contributed by atoms with Crippen LogP contribution in [0.1, 0.15) is 9.16 Å². The molecule has 0 fully saturated rings. The van der Waals surface area contributed by atoms with Crippen LogP contribution in [-0.4, -0.2) is 17.9 Å². The zero-order valence-electron chi connectivity index (χ0n) is 6.47. The van der Waals surface area contributed by atoms with Gasteiger partial charge in [-0.15, -0.1) is 0 Å². The van der Waals surface area contributed by atoms with Crippen molar-refractivity contribution in [3.63, 3.8) is 0 Å². The van der Waals surface area contributed by atoms with Gasteiger partial charge in [0.25, 0.3) is 5.92 Å². The molecule has 0 aliphatic rings. The second-order valence-corrected chi connectivity index (χ2v) is 1.81. The zero-order valence-corrected chi connectivity index (χ0v) is 5.23. The van der Waals surface area contributed by atoms with E-state index in [0.717, 1.165) is 0 Å². The molecule has 62 valence electrons. The fourth-order valence-electron chi connectivity index (χ4n) is 0.235. The van der Waals surface area contributed by atoms with Crippen molar-refractivity contribution < 1.29 is 24.7 Å². The maximum Gasteiger partial charge on any atom is 0.297 e. The van der Waals surface area contributed by atoms with Crippen LogP contribution in [0.25, 0.3) is 0 Å². The molecule has 1 unspecified atom stereocenters. The highest BCUT2D eigenvalue weighted by molar-refractivity contribution is 6.20. The summed E-state index contributed by atoms with van der Waals surface area (Å²) in [4.78, 5) is 0. The molecule has 0 spiro atoms. The van der Waals surface area contributed by atoms with E-state index < -0.39 is 24.4 Å². The van der Waals surface area contributed by atoms with Crippen molar-refractivity contribution in [2.75, 3.05) is 0 Å². The topological polar surface area (TPSA) is 0 Å². The van der Waals surface area contributed by atoms with Crippen molar-refractivity contribution in [3.8, 4) is 0 Å². The van der Waals surface area contributed by atoms with Crippen LogP contribution in [0.4, 0.5) is 22.0 Å². The lowest BCUT2D eigenvalue weighted by molar-refractivity contribution is -0.0828. The predicted molar refractivity (Wildman–Crippen MR) is 26.3 cm³/mol. The van der Waals surface area contributed by atoms with E-state index in [1.165, 1.54) is 0 Å². The SMILES string of the molecule is [2H]C(F)(F)CC(F)(F)C([2H])(F)Cl. The smallest absolute Gasteiger partial charge is 0.223 e. The Balaban J connectivity index is 4.44. The molecular formula is C4H4ClF5. The number of alkyl halides is 6. The van der Waals surface area contributed by atoms with Crippen molar-refractivity contribution in [1.29, 1.82) is 0 Å². The van der Waals surface area contributed by atoms with E-state index in [0.29, 0.717) is 0 Å². The van der Waals surface area contributed by atoms with Gasteiger partial charge in [0.05, 0.1) is 7.79 Å². The third-order valence-electron chi connectivity index (χ3n) is 0.632. The summed E-state index contributed by atoms with van der Waals surface area (Å²) in [5.41, 5.74) is -4.31. The van der Waals surface area contributed by atoms with Crippen LogP contribution in [0.15, 0.2) is 0 Å². The van der Waals surface area contributed by atoms with E-state index in [1.807, 2.05) is 0 Å². The highest BCUT2D eigenvalue weighted by Crippen LogP contribution is 2.30. The van der Waals surface area contributed by atoms with Gasteiger partial charge in [0.1, 0.15) is 1.37 Å². The molecule has 0 heterocycles. The molecule has 0 aromatic carbocycles. The van der Waals surface area contributed by atoms with E-state index >= 15 is 0 Å². The van der Waals surface area contributed by atoms with Gasteiger partial charge in [-0.3, -0.25) is 0 Å². The standard InChI is InChI=1S/C4H4ClF5/c5-3(8)4(9,10)1-2(6)7/h2-3H,1H2/i2D,3D. The normalized spacial score (nSPS) is 23.0. The van der Waals surface area contributed by atoms with Crippen molar-refractivity contribution in [2.24, 2.45) is 0 Å². The second-order valence-electron chi connectivity index (χ2n) is 1.48. The molecule has 1 atom stereocenters. The molecular weight excluding hydrogens is 178 g/mol. The van der Waals surface area contributed by atoms with E-state index in [-0.39, 0.29) is 0 Å². The first-order valence-electron chi connectivity index (χ1n) is 3.09. The average Bonchev–Trinajstić information content (AvgIpc) is 1.52. The van der Waals surface area contributed by atoms with Gasteiger partial charge in [-0.05, 0) is 0 Å². The highest BCUT2D eigenvalue weighted by Gasteiger charge is 2.41. The molecule has 0 radical (unpaired) electrons. The molecule has 0 aliphatic heterocycles. The van der Waals surface area contributed by atoms with Crippen LogP contribution in [0.2, 0.25) is 0 Å². The Labute approximate surface area is 61.8 Å². The molecule has 0 saturated carbocycles. The summed E-state index contributed by atoms with van der Waals surface area (Å²) in [6, 6.07) is 0. The first kappa shape index (κ1) is 6.64. The summed E-state index contributed by atoms with van der Waals surface area (Å²) in [5, 5.41) is 0. The molecule has 0 rings (SSSR count). The summed E-state index contributed by atoms with van der Waals surface area (Å²) in [6.45, 7) is 0. The number of rotatable bonds is 3. The van der Waals surface area contributed by atoms with Gasteiger partial charge in [0.2, 0.25) is 12.0 Å². The van der Waals surface area contributed by atoms with E-state index in [1.54, 1.807) is 0 Å². The highest BCUT2D eigenvalue weighted by atomic mass is 35.5.